The summed E-state index contributed by atoms with van der Waals surface area (Å²) >= 11 is 0. The highest BCUT2D eigenvalue weighted by Crippen LogP contribution is 2.15. The molecular weight excluding hydrogens is 92.1 g/mol. The van der Waals surface area contributed by atoms with E-state index in [4.69, 9.17) is 0 Å². The minimum Gasteiger partial charge on any atom is -0.377 e. The van der Waals surface area contributed by atoms with Crippen LogP contribution in [0.2, 0.25) is 0 Å². The largest absolute Gasteiger partial charge is 0.377 e. The number of hydrogen-bond acceptors (Lipinski definition) is 3. The lowest BCUT2D eigenvalue weighted by molar-refractivity contribution is 0.152. The third kappa shape index (κ3) is 0.885. The van der Waals surface area contributed by atoms with Gasteiger partial charge in [-0.3, -0.25) is 0 Å². The van der Waals surface area contributed by atoms with Crippen molar-refractivity contribution in [2.45, 2.75) is 19.4 Å². The van der Waals surface area contributed by atoms with Crippen LogP contribution in [0.1, 0.15) is 13.8 Å². The van der Waals surface area contributed by atoms with Gasteiger partial charge in [-0.25, -0.2) is 0 Å². The van der Waals surface area contributed by atoms with Crippen molar-refractivity contribution in [2.24, 2.45) is 10.4 Å². The first-order chi connectivity index (χ1) is 3.21. The molecule has 0 bridgehead atoms. The van der Waals surface area contributed by atoms with Crippen LogP contribution in [0.3, 0.4) is 0 Å². The van der Waals surface area contributed by atoms with Gasteiger partial charge in [0, 0.05) is 5.28 Å². The van der Waals surface area contributed by atoms with Crippen LogP contribution in [-0.2, 0) is 4.84 Å². The van der Waals surface area contributed by atoms with Gasteiger partial charge in [0.05, 0.1) is 0 Å². The second-order valence-electron chi connectivity index (χ2n) is 2.27. The number of hydrogen-bond donors (Lipinski definition) is 0. The molecule has 0 fully saturated rings. The molecule has 7 heavy (non-hydrogen) atoms. The SMILES string of the molecule is CC1(C)CON=N1. The maximum absolute atomic E-state index is 4.62. The van der Waals surface area contributed by atoms with Gasteiger partial charge in [-0.1, -0.05) is 0 Å². The summed E-state index contributed by atoms with van der Waals surface area (Å²) in [4.78, 5) is 4.62. The van der Waals surface area contributed by atoms with Crippen LogP contribution < -0.4 is 0 Å². The molecule has 0 radical (unpaired) electrons. The maximum Gasteiger partial charge on any atom is 0.145 e. The molecule has 0 aromatic heterocycles. The lowest BCUT2D eigenvalue weighted by Crippen LogP contribution is -2.17. The molecule has 3 nitrogen and oxygen atoms in total. The minimum atomic E-state index is -0.0694. The lowest BCUT2D eigenvalue weighted by Gasteiger charge is -2.04. The third-order valence-corrected chi connectivity index (χ3v) is 0.787. The Kier molecular flexibility index (Phi) is 0.770. The molecule has 0 saturated carbocycles. The Morgan fingerprint density at radius 2 is 2.29 bits per heavy atom. The predicted molar refractivity (Wildman–Crippen MR) is 24.9 cm³/mol. The van der Waals surface area contributed by atoms with E-state index in [0.29, 0.717) is 6.61 Å². The van der Waals surface area contributed by atoms with E-state index in [-0.39, 0.29) is 5.54 Å². The minimum absolute atomic E-state index is 0.0694. The van der Waals surface area contributed by atoms with E-state index >= 15 is 0 Å². The molecule has 0 aliphatic carbocycles. The van der Waals surface area contributed by atoms with Crippen molar-refractivity contribution >= 4 is 0 Å². The molecule has 1 heterocycles. The third-order valence-electron chi connectivity index (χ3n) is 0.787. The summed E-state index contributed by atoms with van der Waals surface area (Å²) in [5, 5.41) is 7.13. The summed E-state index contributed by atoms with van der Waals surface area (Å²) in [6, 6.07) is 0. The smallest absolute Gasteiger partial charge is 0.145 e. The van der Waals surface area contributed by atoms with E-state index in [1.54, 1.807) is 0 Å². The van der Waals surface area contributed by atoms with Crippen molar-refractivity contribution in [1.82, 2.24) is 0 Å². The van der Waals surface area contributed by atoms with E-state index in [2.05, 4.69) is 15.2 Å². The van der Waals surface area contributed by atoms with Crippen LogP contribution in [0.4, 0.5) is 0 Å². The van der Waals surface area contributed by atoms with Crippen molar-refractivity contribution in [3.8, 4) is 0 Å². The first-order valence-electron chi connectivity index (χ1n) is 2.25. The summed E-state index contributed by atoms with van der Waals surface area (Å²) < 4.78 is 0. The zero-order valence-corrected chi connectivity index (χ0v) is 4.51. The first kappa shape index (κ1) is 4.56. The Balaban J connectivity index is 2.57. The molecule has 40 valence electrons. The molecule has 0 saturated heterocycles. The second-order valence-corrected chi connectivity index (χ2v) is 2.27. The highest BCUT2D eigenvalue weighted by molar-refractivity contribution is 4.75. The normalized spacial score (nSPS) is 24.9. The lowest BCUT2D eigenvalue weighted by atomic mass is 10.1. The number of rotatable bonds is 0. The average Bonchev–Trinajstić information content (AvgIpc) is 1.84. The van der Waals surface area contributed by atoms with Crippen molar-refractivity contribution in [3.63, 3.8) is 0 Å². The fourth-order valence-electron chi connectivity index (χ4n) is 0.355. The quantitative estimate of drug-likeness (QED) is 0.449. The molecular formula is C4H8N2O. The standard InChI is InChI=1S/C4H8N2O/c1-4(2)3-7-6-5-4/h3H2,1-2H3. The molecule has 0 N–H and O–H groups in total. The van der Waals surface area contributed by atoms with Gasteiger partial charge < -0.3 is 4.84 Å². The highest BCUT2D eigenvalue weighted by atomic mass is 16.7. The van der Waals surface area contributed by atoms with Crippen molar-refractivity contribution in [1.29, 1.82) is 0 Å². The monoisotopic (exact) mass is 100 g/mol. The molecule has 1 rings (SSSR count). The van der Waals surface area contributed by atoms with Crippen LogP contribution in [0.5, 0.6) is 0 Å². The van der Waals surface area contributed by atoms with Gasteiger partial charge in [0.2, 0.25) is 0 Å². The van der Waals surface area contributed by atoms with E-state index in [1.807, 2.05) is 13.8 Å². The fraction of sp³-hybridized carbons (Fsp3) is 1.00. The van der Waals surface area contributed by atoms with E-state index in [9.17, 15) is 0 Å². The Morgan fingerprint density at radius 1 is 1.57 bits per heavy atom. The van der Waals surface area contributed by atoms with Crippen LogP contribution in [0, 0.1) is 0 Å². The second kappa shape index (κ2) is 1.18. The molecule has 0 aromatic rings. The molecule has 0 aromatic carbocycles. The molecule has 0 amide bonds. The van der Waals surface area contributed by atoms with Gasteiger partial charge in [0.1, 0.15) is 12.1 Å². The number of nitrogens with zero attached hydrogens (tertiary/aromatic N) is 2. The molecule has 0 atom stereocenters. The van der Waals surface area contributed by atoms with Gasteiger partial charge in [-0.2, -0.15) is 0 Å². The topological polar surface area (TPSA) is 34.0 Å². The van der Waals surface area contributed by atoms with Gasteiger partial charge in [-0.05, 0) is 13.8 Å². The Morgan fingerprint density at radius 3 is 2.43 bits per heavy atom. The average molecular weight is 100 g/mol. The summed E-state index contributed by atoms with van der Waals surface area (Å²) in [7, 11) is 0. The Hall–Kier alpha value is -0.600. The zero-order valence-electron chi connectivity index (χ0n) is 4.51. The summed E-state index contributed by atoms with van der Waals surface area (Å²) in [5.41, 5.74) is -0.0694. The highest BCUT2D eigenvalue weighted by Gasteiger charge is 2.22. The van der Waals surface area contributed by atoms with Crippen LogP contribution in [0.25, 0.3) is 0 Å². The molecule has 0 spiro atoms. The summed E-state index contributed by atoms with van der Waals surface area (Å²) in [6.07, 6.45) is 0. The maximum atomic E-state index is 4.62. The summed E-state index contributed by atoms with van der Waals surface area (Å²) in [5.74, 6) is 0. The van der Waals surface area contributed by atoms with Gasteiger partial charge in [-0.15, -0.1) is 5.11 Å². The Labute approximate surface area is 42.3 Å². The Bertz CT molecular complexity index is 97.9. The van der Waals surface area contributed by atoms with Crippen LogP contribution in [0.15, 0.2) is 10.4 Å². The zero-order chi connectivity index (χ0) is 5.33. The van der Waals surface area contributed by atoms with Crippen molar-refractivity contribution < 1.29 is 4.84 Å². The van der Waals surface area contributed by atoms with Crippen LogP contribution >= 0.6 is 0 Å². The van der Waals surface area contributed by atoms with Gasteiger partial charge in [0.15, 0.2) is 0 Å². The van der Waals surface area contributed by atoms with E-state index < -0.39 is 0 Å². The van der Waals surface area contributed by atoms with E-state index in [0.717, 1.165) is 0 Å². The van der Waals surface area contributed by atoms with Crippen molar-refractivity contribution in [2.75, 3.05) is 6.61 Å². The molecule has 1 aliphatic heterocycles. The van der Waals surface area contributed by atoms with E-state index in [1.165, 1.54) is 0 Å². The van der Waals surface area contributed by atoms with Crippen molar-refractivity contribution in [3.05, 3.63) is 0 Å². The first-order valence-corrected chi connectivity index (χ1v) is 2.25. The molecule has 1 aliphatic rings. The molecule has 0 unspecified atom stereocenters. The van der Waals surface area contributed by atoms with Gasteiger partial charge in [0.25, 0.3) is 0 Å². The fourth-order valence-corrected chi connectivity index (χ4v) is 0.355. The predicted octanol–water partition coefficient (Wildman–Crippen LogP) is 1.16. The molecule has 3 heteroatoms. The summed E-state index contributed by atoms with van der Waals surface area (Å²) in [6.45, 7) is 4.57. The van der Waals surface area contributed by atoms with Gasteiger partial charge >= 0.3 is 0 Å². The van der Waals surface area contributed by atoms with Crippen LogP contribution in [-0.4, -0.2) is 12.1 Å².